The lowest BCUT2D eigenvalue weighted by Crippen LogP contribution is -2.36. The summed E-state index contributed by atoms with van der Waals surface area (Å²) in [7, 11) is 0. The summed E-state index contributed by atoms with van der Waals surface area (Å²) in [5, 5.41) is 55.8. The number of urea groups is 4. The van der Waals surface area contributed by atoms with Crippen LogP contribution in [-0.4, -0.2) is 234 Å². The van der Waals surface area contributed by atoms with Crippen LogP contribution in [0.4, 0.5) is 32.3 Å². The molecule has 0 spiro atoms. The lowest BCUT2D eigenvalue weighted by Gasteiger charge is -2.16. The first-order valence-electron chi connectivity index (χ1n) is 50.9. The number of carbonyl (C=O) groups excluding carboxylic acids is 15. The van der Waals surface area contributed by atoms with Crippen LogP contribution < -0.4 is 101 Å². The fourth-order valence-electron chi connectivity index (χ4n) is 17.3. The monoisotopic (exact) mass is 2090 g/mol. The smallest absolute Gasteiger partial charge is 0.315 e. The minimum absolute atomic E-state index is 0.00584. The van der Waals surface area contributed by atoms with Crippen LogP contribution in [0.5, 0.6) is 0 Å². The fourth-order valence-corrected chi connectivity index (χ4v) is 23.5. The lowest BCUT2D eigenvalue weighted by atomic mass is 10.0. The Bertz CT molecular complexity index is 5040. The van der Waals surface area contributed by atoms with Gasteiger partial charge >= 0.3 is 24.1 Å². The van der Waals surface area contributed by atoms with Gasteiger partial charge in [-0.1, -0.05) is 93.2 Å². The summed E-state index contributed by atoms with van der Waals surface area (Å²) in [6.07, 6.45) is 24.2. The number of halogens is 3. The number of fused-ring (bicyclic) bond motifs is 4. The van der Waals surface area contributed by atoms with Gasteiger partial charge in [0.25, 0.3) is 17.7 Å². The second-order valence-corrected chi connectivity index (χ2v) is 41.5. The molecule has 3 aromatic carbocycles. The molecule has 0 radical (unpaired) electrons. The maximum atomic E-state index is 14.3. The van der Waals surface area contributed by atoms with Crippen molar-refractivity contribution in [1.82, 2.24) is 101 Å². The quantitative estimate of drug-likeness (QED) is 0.0142. The van der Waals surface area contributed by atoms with Gasteiger partial charge in [-0.15, -0.1) is 23.7 Å². The summed E-state index contributed by atoms with van der Waals surface area (Å²) in [5.74, 6) is 21.7. The largest absolute Gasteiger partial charge is 0.356 e. The summed E-state index contributed by atoms with van der Waals surface area (Å²) in [6, 6.07) is 14.7. The topological polar surface area (TPSA) is 485 Å². The van der Waals surface area contributed by atoms with Crippen molar-refractivity contribution < 1.29 is 85.1 Å². The van der Waals surface area contributed by atoms with Crippen molar-refractivity contribution in [1.29, 1.82) is 0 Å². The highest BCUT2D eigenvalue weighted by Crippen LogP contribution is 2.37. The van der Waals surface area contributed by atoms with Gasteiger partial charge in [-0.3, -0.25) is 52.7 Å². The Labute approximate surface area is 867 Å². The molecule has 34 nitrogen and oxygen atoms in total. The van der Waals surface area contributed by atoms with E-state index < -0.39 is 29.3 Å². The van der Waals surface area contributed by atoms with E-state index >= 15 is 0 Å². The Hall–Kier alpha value is -11.7. The Kier molecular flexibility index (Phi) is 55.5. The first-order valence-corrected chi connectivity index (χ1v) is 55.1. The van der Waals surface area contributed by atoms with Gasteiger partial charge in [0.05, 0.1) is 74.5 Å². The number of carbonyl (C=O) groups is 15. The summed E-state index contributed by atoms with van der Waals surface area (Å²) in [6.45, 7) is 10.3. The first kappa shape index (κ1) is 119. The number of unbranched alkanes of at least 4 members (excludes halogenated alkanes) is 12. The highest BCUT2D eigenvalue weighted by molar-refractivity contribution is 8.01. The van der Waals surface area contributed by atoms with E-state index in [0.29, 0.717) is 136 Å². The van der Waals surface area contributed by atoms with Crippen molar-refractivity contribution in [2.75, 3.05) is 75.4 Å². The van der Waals surface area contributed by atoms with E-state index in [1.165, 1.54) is 12.1 Å². The molecule has 792 valence electrons. The second-order valence-electron chi connectivity index (χ2n) is 36.4. The molecule has 41 heteroatoms. The molecule has 0 unspecified atom stereocenters. The normalized spacial score (nSPS) is 19.9. The van der Waals surface area contributed by atoms with Crippen molar-refractivity contribution in [3.05, 3.63) is 105 Å². The van der Waals surface area contributed by atoms with E-state index in [1.54, 1.807) is 39.8 Å². The number of nitrogens with one attached hydrogen (secondary N) is 19. The zero-order chi connectivity index (χ0) is 104. The molecule has 8 fully saturated rings. The van der Waals surface area contributed by atoms with Crippen LogP contribution in [0.3, 0.4) is 0 Å². The van der Waals surface area contributed by atoms with Gasteiger partial charge in [0, 0.05) is 169 Å². The molecule has 19 amide bonds. The van der Waals surface area contributed by atoms with E-state index in [4.69, 9.17) is 0 Å². The number of amides is 19. The van der Waals surface area contributed by atoms with Crippen LogP contribution in [0.15, 0.2) is 54.6 Å². The highest BCUT2D eigenvalue weighted by Gasteiger charge is 2.46. The average Bonchev–Trinajstić information content (AvgIpc) is 1.80. The van der Waals surface area contributed by atoms with Crippen molar-refractivity contribution in [2.24, 2.45) is 0 Å². The fraction of sp³-hybridized carbons (Fsp3) is 0.606. The predicted molar refractivity (Wildman–Crippen MR) is 560 cm³/mol. The Morgan fingerprint density at radius 3 is 0.883 bits per heavy atom. The number of rotatable bonds is 57. The molecule has 0 aromatic heterocycles. The third-order valence-corrected chi connectivity index (χ3v) is 31.4. The molecule has 11 rings (SSSR count). The molecule has 12 atom stereocenters. The summed E-state index contributed by atoms with van der Waals surface area (Å²) >= 11 is 7.57. The number of thioether (sulfide) groups is 4. The van der Waals surface area contributed by atoms with Crippen molar-refractivity contribution in [3.63, 3.8) is 0 Å². The standard InChI is InChI=1S/C28H37F2N5O4S.C28H38FN5O4S.C28H39N5O4S.C20H32N4O3S/c1-2-3-12-32-27(38)18-14-20(29)19(21(30)15-18)16-33-25(37)10-5-4-8-13-31-24(36)11-7-6-9-23-26-22(17-40-23)34-28(39)35-26;1-2-3-14-31-27(37)19-12-13-20(21(29)16-19)17-32-25(36)10-5-4-8-15-30-24(35)11-7-6-9-23-26-22(18-39-23)33-28(38)34-26;1-2-3-16-30-27(36)21-14-12-20(13-15-21)18-31-25(35)10-5-4-8-17-29-24(34)11-7-6-9-23-26-22(19-38-23)32-28(37)33-26;1-2-3-12-21-17(25)10-5-4-8-13-22-18(26)11-7-6-9-16-19-15(14-28-16)23-20(27)24-19/h14-15,22-23,26H,4-13,16-17H2,1H3,(H,31,36)(H,32,38)(H,33,37)(H2,34,35,39);12-13,16,22-23,26H,4-11,14-15,17-18H2,1H3,(H,30,35)(H,31,37)(H,32,36)(H2,33,34,38);12-15,22-23,26H,4-11,16-19H2,1H3,(H,29,34)(H,30,36)(H,31,35)(H2,32,33,37);15-16,19H,4-14H2,1H3,(H,21,25)(H,22,26)(H2,23,24,27)/t3*22-,23-,26-;15-,16-,19-/m1111/s1. The van der Waals surface area contributed by atoms with Crippen LogP contribution >= 0.6 is 47.0 Å². The van der Waals surface area contributed by atoms with Gasteiger partial charge in [0.15, 0.2) is 0 Å². The zero-order valence-electron chi connectivity index (χ0n) is 83.7. The van der Waals surface area contributed by atoms with Gasteiger partial charge in [-0.25, -0.2) is 32.3 Å². The van der Waals surface area contributed by atoms with Crippen LogP contribution in [0.1, 0.15) is 281 Å². The highest BCUT2D eigenvalue weighted by atomic mass is 32.2. The molecule has 145 heavy (non-hydrogen) atoms. The van der Waals surface area contributed by atoms with Crippen LogP contribution in [0, 0.1) is 64.8 Å². The third-order valence-electron chi connectivity index (χ3n) is 25.4. The molecular formula is C104H146F3N19O15S4. The third kappa shape index (κ3) is 45.5. The second kappa shape index (κ2) is 67.9. The molecule has 8 saturated heterocycles. The van der Waals surface area contributed by atoms with Crippen LogP contribution in [0.2, 0.25) is 0 Å². The summed E-state index contributed by atoms with van der Waals surface area (Å²) in [5.41, 5.74) is 1.53. The molecule has 19 N–H and O–H groups in total. The minimum atomic E-state index is -0.909. The van der Waals surface area contributed by atoms with Gasteiger partial charge in [-0.2, -0.15) is 47.0 Å². The first-order chi connectivity index (χ1) is 70.2. The number of hydrogen-bond acceptors (Lipinski definition) is 19. The van der Waals surface area contributed by atoms with Crippen molar-refractivity contribution >= 4 is 136 Å². The van der Waals surface area contributed by atoms with Crippen LogP contribution in [-0.2, 0) is 58.0 Å². The number of hydrogen-bond donors (Lipinski definition) is 19. The maximum absolute atomic E-state index is 14.3. The van der Waals surface area contributed by atoms with Gasteiger partial charge in [0.2, 0.25) is 47.3 Å². The predicted octanol–water partition coefficient (Wildman–Crippen LogP) is 9.32. The van der Waals surface area contributed by atoms with Gasteiger partial charge in [0.1, 0.15) is 17.5 Å². The molecule has 3 aromatic rings. The van der Waals surface area contributed by atoms with Crippen molar-refractivity contribution in [3.8, 4) is 47.4 Å². The lowest BCUT2D eigenvalue weighted by molar-refractivity contribution is -0.122. The van der Waals surface area contributed by atoms with Gasteiger partial charge < -0.3 is 101 Å². The molecular weight excluding hydrogens is 1940 g/mol. The Morgan fingerprint density at radius 1 is 0.290 bits per heavy atom. The van der Waals surface area contributed by atoms with E-state index in [2.05, 4.69) is 148 Å². The summed E-state index contributed by atoms with van der Waals surface area (Å²) < 4.78 is 43.0. The van der Waals surface area contributed by atoms with E-state index in [1.807, 2.05) is 59.2 Å². The Morgan fingerprint density at radius 2 is 0.559 bits per heavy atom. The van der Waals surface area contributed by atoms with E-state index in [0.717, 1.165) is 188 Å². The molecule has 8 heterocycles. The van der Waals surface area contributed by atoms with Crippen molar-refractivity contribution in [2.45, 2.75) is 322 Å². The van der Waals surface area contributed by atoms with Gasteiger partial charge in [-0.05, 0) is 172 Å². The molecule has 8 aliphatic heterocycles. The zero-order valence-corrected chi connectivity index (χ0v) is 87.0. The average molecular weight is 2090 g/mol. The molecule has 0 saturated carbocycles. The molecule has 8 aliphatic rings. The van der Waals surface area contributed by atoms with Crippen LogP contribution in [0.25, 0.3) is 0 Å². The molecule has 0 aliphatic carbocycles. The molecule has 0 bridgehead atoms. The number of benzene rings is 3. The van der Waals surface area contributed by atoms with E-state index in [9.17, 15) is 85.1 Å². The SMILES string of the molecule is CC#CCNC(=O)CCCCCNC(=O)CCCC[C@H]1SC[C@H]2NC(=O)N[C@H]21.CC#CCNC(=O)c1cc(F)c(CNC(=O)CCCCCNC(=O)CCCC[C@H]2SC[C@H]3NC(=O)N[C@H]32)c(F)c1.CC#CCNC(=O)c1ccc(CNC(=O)CCCCCNC(=O)CCCC[C@H]2SC[C@H]3NC(=O)N[C@H]32)c(F)c1.CC#CCNC(=O)c1ccc(CNC(=O)CCCCCNC(=O)CCCC[C@H]2SC[C@H]3NC(=O)N[C@H]32)cc1. The Balaban J connectivity index is 0.000000238. The summed E-state index contributed by atoms with van der Waals surface area (Å²) in [4.78, 5) is 178. The maximum Gasteiger partial charge on any atom is 0.315 e. The van der Waals surface area contributed by atoms with E-state index in [-0.39, 0.29) is 175 Å². The minimum Gasteiger partial charge on any atom is -0.356 e.